The van der Waals surface area contributed by atoms with E-state index in [9.17, 15) is 0 Å². The van der Waals surface area contributed by atoms with Crippen LogP contribution < -0.4 is 5.32 Å². The fraction of sp³-hybridized carbons (Fsp3) is 0.625. The van der Waals surface area contributed by atoms with Gasteiger partial charge in [-0.25, -0.2) is 0 Å². The van der Waals surface area contributed by atoms with Gasteiger partial charge in [-0.3, -0.25) is 0 Å². The van der Waals surface area contributed by atoms with E-state index in [0.29, 0.717) is 12.1 Å². The zero-order valence-corrected chi connectivity index (χ0v) is 12.2. The third kappa shape index (κ3) is 6.18. The van der Waals surface area contributed by atoms with Crippen molar-refractivity contribution in [3.63, 3.8) is 0 Å². The second kappa shape index (κ2) is 8.28. The lowest BCUT2D eigenvalue weighted by Crippen LogP contribution is -2.34. The summed E-state index contributed by atoms with van der Waals surface area (Å²) >= 11 is 0. The van der Waals surface area contributed by atoms with Crippen LogP contribution in [0.5, 0.6) is 0 Å². The molecule has 0 saturated heterocycles. The van der Waals surface area contributed by atoms with Crippen LogP contribution in [0.1, 0.15) is 38.3 Å². The van der Waals surface area contributed by atoms with Gasteiger partial charge in [0.2, 0.25) is 0 Å². The van der Waals surface area contributed by atoms with Crippen LogP contribution in [0.3, 0.4) is 0 Å². The number of rotatable bonds is 8. The molecule has 1 unspecified atom stereocenters. The number of ether oxygens (including phenoxy) is 1. The summed E-state index contributed by atoms with van der Waals surface area (Å²) in [7, 11) is 0. The number of nitrogens with one attached hydrogen (secondary N) is 1. The summed E-state index contributed by atoms with van der Waals surface area (Å²) in [6.45, 7) is 10.2. The SMILES string of the molecule is CCNC(CCc1ccc(C)cc1)COC(C)C. The quantitative estimate of drug-likeness (QED) is 0.763. The van der Waals surface area contributed by atoms with Crippen LogP contribution in [-0.4, -0.2) is 25.3 Å². The lowest BCUT2D eigenvalue weighted by Gasteiger charge is -2.19. The van der Waals surface area contributed by atoms with E-state index < -0.39 is 0 Å². The Hall–Kier alpha value is -0.860. The number of aryl methyl sites for hydroxylation is 2. The summed E-state index contributed by atoms with van der Waals surface area (Å²) in [5, 5.41) is 3.49. The van der Waals surface area contributed by atoms with Crippen LogP contribution >= 0.6 is 0 Å². The third-order valence-electron chi connectivity index (χ3n) is 3.03. The second-order valence-electron chi connectivity index (χ2n) is 5.16. The fourth-order valence-electron chi connectivity index (χ4n) is 1.94. The van der Waals surface area contributed by atoms with Gasteiger partial charge in [0.1, 0.15) is 0 Å². The number of hydrogen-bond acceptors (Lipinski definition) is 2. The smallest absolute Gasteiger partial charge is 0.0623 e. The Balaban J connectivity index is 2.38. The van der Waals surface area contributed by atoms with Crippen LogP contribution in [-0.2, 0) is 11.2 Å². The van der Waals surface area contributed by atoms with Crippen LogP contribution in [0.2, 0.25) is 0 Å². The van der Waals surface area contributed by atoms with Crippen molar-refractivity contribution in [1.29, 1.82) is 0 Å². The van der Waals surface area contributed by atoms with E-state index in [-0.39, 0.29) is 0 Å². The first-order valence-corrected chi connectivity index (χ1v) is 7.02. The maximum Gasteiger partial charge on any atom is 0.0623 e. The highest BCUT2D eigenvalue weighted by Crippen LogP contribution is 2.08. The van der Waals surface area contributed by atoms with E-state index in [4.69, 9.17) is 4.74 Å². The van der Waals surface area contributed by atoms with Crippen molar-refractivity contribution in [2.75, 3.05) is 13.2 Å². The molecule has 1 N–H and O–H groups in total. The summed E-state index contributed by atoms with van der Waals surface area (Å²) in [4.78, 5) is 0. The highest BCUT2D eigenvalue weighted by molar-refractivity contribution is 5.21. The van der Waals surface area contributed by atoms with Crippen molar-refractivity contribution in [1.82, 2.24) is 5.32 Å². The van der Waals surface area contributed by atoms with Gasteiger partial charge in [-0.1, -0.05) is 36.8 Å². The van der Waals surface area contributed by atoms with Gasteiger partial charge in [0, 0.05) is 6.04 Å². The molecule has 0 aliphatic heterocycles. The van der Waals surface area contributed by atoms with Gasteiger partial charge in [0.05, 0.1) is 12.7 Å². The highest BCUT2D eigenvalue weighted by atomic mass is 16.5. The van der Waals surface area contributed by atoms with Crippen molar-refractivity contribution in [2.45, 2.75) is 52.7 Å². The predicted octanol–water partition coefficient (Wildman–Crippen LogP) is 3.33. The van der Waals surface area contributed by atoms with Crippen molar-refractivity contribution in [3.05, 3.63) is 35.4 Å². The van der Waals surface area contributed by atoms with E-state index in [0.717, 1.165) is 26.0 Å². The first-order valence-electron chi connectivity index (χ1n) is 7.02. The molecule has 0 aromatic heterocycles. The Bertz CT molecular complexity index is 318. The minimum atomic E-state index is 0.311. The summed E-state index contributed by atoms with van der Waals surface area (Å²) in [5.41, 5.74) is 2.73. The maximum atomic E-state index is 5.70. The van der Waals surface area contributed by atoms with Crippen LogP contribution in [0.15, 0.2) is 24.3 Å². The largest absolute Gasteiger partial charge is 0.377 e. The minimum absolute atomic E-state index is 0.311. The average Bonchev–Trinajstić information content (AvgIpc) is 2.34. The second-order valence-corrected chi connectivity index (χ2v) is 5.16. The molecule has 0 radical (unpaired) electrons. The van der Waals surface area contributed by atoms with E-state index in [2.05, 4.69) is 57.3 Å². The summed E-state index contributed by atoms with van der Waals surface area (Å²) in [6, 6.07) is 9.27. The van der Waals surface area contributed by atoms with Crippen molar-refractivity contribution < 1.29 is 4.74 Å². The zero-order valence-electron chi connectivity index (χ0n) is 12.2. The Labute approximate surface area is 112 Å². The first kappa shape index (κ1) is 15.2. The van der Waals surface area contributed by atoms with Crippen molar-refractivity contribution in [3.8, 4) is 0 Å². The van der Waals surface area contributed by atoms with Gasteiger partial charge >= 0.3 is 0 Å². The Kier molecular flexibility index (Phi) is 6.99. The summed E-state index contributed by atoms with van der Waals surface area (Å²) in [5.74, 6) is 0. The molecular weight excluding hydrogens is 222 g/mol. The molecular formula is C16H27NO. The Morgan fingerprint density at radius 2 is 1.83 bits per heavy atom. The molecule has 0 saturated carbocycles. The highest BCUT2D eigenvalue weighted by Gasteiger charge is 2.08. The summed E-state index contributed by atoms with van der Waals surface area (Å²) in [6.07, 6.45) is 2.55. The van der Waals surface area contributed by atoms with Gasteiger partial charge in [-0.05, 0) is 45.7 Å². The lowest BCUT2D eigenvalue weighted by molar-refractivity contribution is 0.0599. The molecule has 102 valence electrons. The van der Waals surface area contributed by atoms with Gasteiger partial charge in [0.25, 0.3) is 0 Å². The molecule has 0 amide bonds. The van der Waals surface area contributed by atoms with Crippen LogP contribution in [0, 0.1) is 6.92 Å². The molecule has 1 rings (SSSR count). The molecule has 1 aromatic rings. The van der Waals surface area contributed by atoms with Gasteiger partial charge < -0.3 is 10.1 Å². The van der Waals surface area contributed by atoms with E-state index in [1.54, 1.807) is 0 Å². The Morgan fingerprint density at radius 1 is 1.17 bits per heavy atom. The molecule has 0 spiro atoms. The average molecular weight is 249 g/mol. The molecule has 0 fully saturated rings. The number of likely N-dealkylation sites (N-methyl/N-ethyl adjacent to an activating group) is 1. The topological polar surface area (TPSA) is 21.3 Å². The molecule has 18 heavy (non-hydrogen) atoms. The molecule has 1 atom stereocenters. The number of benzene rings is 1. The molecule has 1 aromatic carbocycles. The zero-order chi connectivity index (χ0) is 13.4. The van der Waals surface area contributed by atoms with E-state index >= 15 is 0 Å². The molecule has 0 aliphatic rings. The van der Waals surface area contributed by atoms with Gasteiger partial charge in [-0.2, -0.15) is 0 Å². The molecule has 0 aliphatic carbocycles. The first-order chi connectivity index (χ1) is 8.61. The van der Waals surface area contributed by atoms with E-state index in [1.165, 1.54) is 11.1 Å². The lowest BCUT2D eigenvalue weighted by atomic mass is 10.0. The van der Waals surface area contributed by atoms with Gasteiger partial charge in [0.15, 0.2) is 0 Å². The van der Waals surface area contributed by atoms with Crippen molar-refractivity contribution in [2.24, 2.45) is 0 Å². The monoisotopic (exact) mass is 249 g/mol. The minimum Gasteiger partial charge on any atom is -0.377 e. The van der Waals surface area contributed by atoms with Crippen molar-refractivity contribution >= 4 is 0 Å². The molecule has 0 bridgehead atoms. The fourth-order valence-corrected chi connectivity index (χ4v) is 1.94. The summed E-state index contributed by atoms with van der Waals surface area (Å²) < 4.78 is 5.70. The van der Waals surface area contributed by atoms with Crippen LogP contribution in [0.4, 0.5) is 0 Å². The standard InChI is InChI=1S/C16H27NO/c1-5-17-16(12-18-13(2)3)11-10-15-8-6-14(4)7-9-15/h6-9,13,16-17H,5,10-12H2,1-4H3. The number of hydrogen-bond donors (Lipinski definition) is 1. The third-order valence-corrected chi connectivity index (χ3v) is 3.03. The normalized spacial score (nSPS) is 12.9. The van der Waals surface area contributed by atoms with Crippen LogP contribution in [0.25, 0.3) is 0 Å². The molecule has 2 heteroatoms. The van der Waals surface area contributed by atoms with Gasteiger partial charge in [-0.15, -0.1) is 0 Å². The predicted molar refractivity (Wildman–Crippen MR) is 78.1 cm³/mol. The Morgan fingerprint density at radius 3 is 2.39 bits per heavy atom. The molecule has 2 nitrogen and oxygen atoms in total. The van der Waals surface area contributed by atoms with E-state index in [1.807, 2.05) is 0 Å². The maximum absolute atomic E-state index is 5.70. The molecule has 0 heterocycles.